The summed E-state index contributed by atoms with van der Waals surface area (Å²) in [5.74, 6) is 1.64. The van der Waals surface area contributed by atoms with Gasteiger partial charge in [-0.05, 0) is 37.8 Å². The van der Waals surface area contributed by atoms with Crippen molar-refractivity contribution in [1.29, 1.82) is 0 Å². The number of rotatable bonds is 5. The van der Waals surface area contributed by atoms with E-state index in [2.05, 4.69) is 65.6 Å². The summed E-state index contributed by atoms with van der Waals surface area (Å²) in [5.41, 5.74) is 2.63. The molecule has 1 heterocycles. The van der Waals surface area contributed by atoms with Gasteiger partial charge in [-0.1, -0.05) is 31.5 Å². The zero-order valence-electron chi connectivity index (χ0n) is 14.4. The van der Waals surface area contributed by atoms with Crippen LogP contribution < -0.4 is 15.5 Å². The summed E-state index contributed by atoms with van der Waals surface area (Å²) in [7, 11) is 1.84. The number of nitrogens with one attached hydrogen (secondary N) is 2. The van der Waals surface area contributed by atoms with Gasteiger partial charge in [-0.2, -0.15) is 0 Å². The second-order valence-electron chi connectivity index (χ2n) is 6.59. The quantitative estimate of drug-likeness (QED) is 0.649. The summed E-state index contributed by atoms with van der Waals surface area (Å²) in [6.45, 7) is 9.73. The molecule has 22 heavy (non-hydrogen) atoms. The van der Waals surface area contributed by atoms with E-state index in [9.17, 15) is 0 Å². The summed E-state index contributed by atoms with van der Waals surface area (Å²) >= 11 is 0. The Labute approximate surface area is 135 Å². The molecule has 1 aliphatic rings. The SMILES string of the molecule is CN=C(NCCC(C)C)NC1CCN(c2ccc(C)cc2)C1. The van der Waals surface area contributed by atoms with Crippen LogP contribution >= 0.6 is 0 Å². The van der Waals surface area contributed by atoms with Crippen LogP contribution in [0.1, 0.15) is 32.3 Å². The molecule has 2 rings (SSSR count). The lowest BCUT2D eigenvalue weighted by atomic mass is 10.1. The summed E-state index contributed by atoms with van der Waals surface area (Å²) < 4.78 is 0. The highest BCUT2D eigenvalue weighted by atomic mass is 15.2. The predicted molar refractivity (Wildman–Crippen MR) is 95.7 cm³/mol. The van der Waals surface area contributed by atoms with E-state index in [0.29, 0.717) is 12.0 Å². The molecule has 1 aliphatic heterocycles. The first-order chi connectivity index (χ1) is 10.6. The van der Waals surface area contributed by atoms with E-state index < -0.39 is 0 Å². The van der Waals surface area contributed by atoms with E-state index in [1.807, 2.05) is 7.05 Å². The minimum atomic E-state index is 0.464. The lowest BCUT2D eigenvalue weighted by Crippen LogP contribution is -2.45. The Hall–Kier alpha value is -1.71. The molecule has 0 saturated carbocycles. The van der Waals surface area contributed by atoms with E-state index in [1.54, 1.807) is 0 Å². The van der Waals surface area contributed by atoms with Gasteiger partial charge in [0.25, 0.3) is 0 Å². The van der Waals surface area contributed by atoms with Crippen molar-refractivity contribution in [2.45, 2.75) is 39.7 Å². The topological polar surface area (TPSA) is 39.7 Å². The average molecular weight is 302 g/mol. The summed E-state index contributed by atoms with van der Waals surface area (Å²) in [5, 5.41) is 6.96. The molecule has 0 spiro atoms. The first kappa shape index (κ1) is 16.7. The second kappa shape index (κ2) is 8.06. The largest absolute Gasteiger partial charge is 0.369 e. The van der Waals surface area contributed by atoms with Gasteiger partial charge in [0.1, 0.15) is 0 Å². The van der Waals surface area contributed by atoms with Crippen LogP contribution in [-0.2, 0) is 0 Å². The van der Waals surface area contributed by atoms with Crippen LogP contribution in [0.2, 0.25) is 0 Å². The third-order valence-corrected chi connectivity index (χ3v) is 4.17. The molecular weight excluding hydrogens is 272 g/mol. The average Bonchev–Trinajstić information content (AvgIpc) is 2.95. The number of hydrogen-bond donors (Lipinski definition) is 2. The zero-order chi connectivity index (χ0) is 15.9. The van der Waals surface area contributed by atoms with E-state index in [1.165, 1.54) is 17.7 Å². The Morgan fingerprint density at radius 3 is 2.68 bits per heavy atom. The first-order valence-corrected chi connectivity index (χ1v) is 8.37. The summed E-state index contributed by atoms with van der Waals surface area (Å²) in [4.78, 5) is 6.78. The van der Waals surface area contributed by atoms with Gasteiger partial charge in [-0.3, -0.25) is 4.99 Å². The fraction of sp³-hybridized carbons (Fsp3) is 0.611. The van der Waals surface area contributed by atoms with Gasteiger partial charge in [0.2, 0.25) is 0 Å². The molecule has 4 nitrogen and oxygen atoms in total. The van der Waals surface area contributed by atoms with E-state index in [4.69, 9.17) is 0 Å². The predicted octanol–water partition coefficient (Wildman–Crippen LogP) is 2.78. The van der Waals surface area contributed by atoms with Crippen LogP contribution in [0.5, 0.6) is 0 Å². The normalized spacial score (nSPS) is 18.9. The van der Waals surface area contributed by atoms with E-state index >= 15 is 0 Å². The maximum Gasteiger partial charge on any atom is 0.191 e. The van der Waals surface area contributed by atoms with Crippen LogP contribution in [-0.4, -0.2) is 38.7 Å². The lowest BCUT2D eigenvalue weighted by molar-refractivity contribution is 0.567. The highest BCUT2D eigenvalue weighted by molar-refractivity contribution is 5.80. The lowest BCUT2D eigenvalue weighted by Gasteiger charge is -2.20. The Morgan fingerprint density at radius 2 is 2.05 bits per heavy atom. The molecule has 0 radical (unpaired) electrons. The third kappa shape index (κ3) is 4.93. The molecule has 2 N–H and O–H groups in total. The monoisotopic (exact) mass is 302 g/mol. The Balaban J connectivity index is 1.81. The van der Waals surface area contributed by atoms with Crippen LogP contribution in [0.15, 0.2) is 29.3 Å². The number of guanidine groups is 1. The maximum absolute atomic E-state index is 4.33. The number of benzene rings is 1. The molecule has 1 aromatic rings. The standard InChI is InChI=1S/C18H30N4/c1-14(2)9-11-20-18(19-4)21-16-10-12-22(13-16)17-7-5-15(3)6-8-17/h5-8,14,16H,9-13H2,1-4H3,(H2,19,20,21). The fourth-order valence-corrected chi connectivity index (χ4v) is 2.74. The third-order valence-electron chi connectivity index (χ3n) is 4.17. The van der Waals surface area contributed by atoms with Crippen molar-refractivity contribution in [3.63, 3.8) is 0 Å². The van der Waals surface area contributed by atoms with Crippen LogP contribution in [0.3, 0.4) is 0 Å². The smallest absolute Gasteiger partial charge is 0.191 e. The van der Waals surface area contributed by atoms with Gasteiger partial charge in [-0.25, -0.2) is 0 Å². The molecule has 0 aliphatic carbocycles. The van der Waals surface area contributed by atoms with Crippen molar-refractivity contribution in [1.82, 2.24) is 10.6 Å². The van der Waals surface area contributed by atoms with Gasteiger partial charge in [0.15, 0.2) is 5.96 Å². The van der Waals surface area contributed by atoms with E-state index in [-0.39, 0.29) is 0 Å². The molecule has 4 heteroatoms. The molecule has 1 aromatic carbocycles. The molecule has 0 bridgehead atoms. The highest BCUT2D eigenvalue weighted by Gasteiger charge is 2.23. The molecule has 122 valence electrons. The van der Waals surface area contributed by atoms with Gasteiger partial charge in [-0.15, -0.1) is 0 Å². The number of nitrogens with zero attached hydrogens (tertiary/aromatic N) is 2. The Morgan fingerprint density at radius 1 is 1.32 bits per heavy atom. The number of aryl methyl sites for hydroxylation is 1. The summed E-state index contributed by atoms with van der Waals surface area (Å²) in [6, 6.07) is 9.26. The van der Waals surface area contributed by atoms with Gasteiger partial charge < -0.3 is 15.5 Å². The number of hydrogen-bond acceptors (Lipinski definition) is 2. The Bertz CT molecular complexity index is 478. The highest BCUT2D eigenvalue weighted by Crippen LogP contribution is 2.20. The zero-order valence-corrected chi connectivity index (χ0v) is 14.4. The summed E-state index contributed by atoms with van der Waals surface area (Å²) in [6.07, 6.45) is 2.32. The fourth-order valence-electron chi connectivity index (χ4n) is 2.74. The molecule has 0 amide bonds. The second-order valence-corrected chi connectivity index (χ2v) is 6.59. The van der Waals surface area contributed by atoms with Crippen molar-refractivity contribution < 1.29 is 0 Å². The number of aliphatic imine (C=N–C) groups is 1. The Kier molecular flexibility index (Phi) is 6.10. The van der Waals surface area contributed by atoms with Crippen molar-refractivity contribution >= 4 is 11.6 Å². The van der Waals surface area contributed by atoms with Crippen molar-refractivity contribution in [2.24, 2.45) is 10.9 Å². The van der Waals surface area contributed by atoms with Gasteiger partial charge in [0.05, 0.1) is 0 Å². The molecule has 0 aromatic heterocycles. The number of anilines is 1. The van der Waals surface area contributed by atoms with Gasteiger partial charge in [0, 0.05) is 38.4 Å². The van der Waals surface area contributed by atoms with Crippen LogP contribution in [0.4, 0.5) is 5.69 Å². The van der Waals surface area contributed by atoms with E-state index in [0.717, 1.165) is 32.0 Å². The molecule has 1 fully saturated rings. The van der Waals surface area contributed by atoms with Crippen LogP contribution in [0.25, 0.3) is 0 Å². The molecule has 1 saturated heterocycles. The maximum atomic E-state index is 4.33. The minimum absolute atomic E-state index is 0.464. The van der Waals surface area contributed by atoms with Gasteiger partial charge >= 0.3 is 0 Å². The van der Waals surface area contributed by atoms with Crippen molar-refractivity contribution in [3.8, 4) is 0 Å². The van der Waals surface area contributed by atoms with Crippen molar-refractivity contribution in [2.75, 3.05) is 31.6 Å². The molecule has 1 atom stereocenters. The minimum Gasteiger partial charge on any atom is -0.369 e. The van der Waals surface area contributed by atoms with Crippen LogP contribution in [0, 0.1) is 12.8 Å². The molecular formula is C18H30N4. The van der Waals surface area contributed by atoms with Crippen molar-refractivity contribution in [3.05, 3.63) is 29.8 Å². The first-order valence-electron chi connectivity index (χ1n) is 8.37. The molecule has 1 unspecified atom stereocenters.